The average molecular weight is 292 g/mol. The number of ether oxygens (including phenoxy) is 1. The summed E-state index contributed by atoms with van der Waals surface area (Å²) in [4.78, 5) is 12.2. The van der Waals surface area contributed by atoms with Gasteiger partial charge in [0.15, 0.2) is 0 Å². The van der Waals surface area contributed by atoms with Gasteiger partial charge in [0.2, 0.25) is 5.60 Å². The van der Waals surface area contributed by atoms with Gasteiger partial charge in [-0.15, -0.1) is 0 Å². The van der Waals surface area contributed by atoms with Gasteiger partial charge in [0, 0.05) is 0 Å². The molecule has 0 fully saturated rings. The van der Waals surface area contributed by atoms with Crippen molar-refractivity contribution >= 4 is 5.97 Å². The Morgan fingerprint density at radius 2 is 1.38 bits per heavy atom. The first-order valence-electron chi connectivity index (χ1n) is 6.40. The molecule has 0 aliphatic rings. The lowest BCUT2D eigenvalue weighted by Crippen LogP contribution is -2.38. The van der Waals surface area contributed by atoms with Gasteiger partial charge in [-0.2, -0.15) is 0 Å². The van der Waals surface area contributed by atoms with Crippen LogP contribution in [0.3, 0.4) is 0 Å². The van der Waals surface area contributed by atoms with Gasteiger partial charge in [0.25, 0.3) is 0 Å². The van der Waals surface area contributed by atoms with E-state index in [4.69, 9.17) is 4.74 Å². The van der Waals surface area contributed by atoms with Crippen molar-refractivity contribution < 1.29 is 23.4 Å². The molecule has 0 saturated carbocycles. The van der Waals surface area contributed by atoms with Crippen molar-refractivity contribution in [2.24, 2.45) is 0 Å². The van der Waals surface area contributed by atoms with E-state index in [0.29, 0.717) is 0 Å². The monoisotopic (exact) mass is 292 g/mol. The zero-order chi connectivity index (χ0) is 15.5. The fraction of sp³-hybridized carbons (Fsp3) is 0.188. The molecule has 2 aromatic carbocycles. The van der Waals surface area contributed by atoms with Crippen molar-refractivity contribution in [3.05, 3.63) is 71.3 Å². The number of rotatable bonds is 4. The first-order chi connectivity index (χ1) is 9.98. The predicted molar refractivity (Wildman–Crippen MR) is 72.4 cm³/mol. The van der Waals surface area contributed by atoms with Gasteiger partial charge in [-0.3, -0.25) is 0 Å². The van der Waals surface area contributed by atoms with E-state index in [0.717, 1.165) is 24.3 Å². The highest BCUT2D eigenvalue weighted by Crippen LogP contribution is 2.31. The summed E-state index contributed by atoms with van der Waals surface area (Å²) in [6.07, 6.45) is 0. The number of benzene rings is 2. The number of aliphatic hydroxyl groups is 1. The van der Waals surface area contributed by atoms with Gasteiger partial charge in [-0.05, 0) is 42.3 Å². The summed E-state index contributed by atoms with van der Waals surface area (Å²) in [7, 11) is 0. The first-order valence-corrected chi connectivity index (χ1v) is 6.40. The molecule has 0 spiro atoms. The Labute approximate surface area is 120 Å². The highest BCUT2D eigenvalue weighted by molar-refractivity contribution is 5.85. The largest absolute Gasteiger partial charge is 0.463 e. The van der Waals surface area contributed by atoms with Gasteiger partial charge < -0.3 is 9.84 Å². The molecule has 0 heterocycles. The Hall–Kier alpha value is -2.27. The zero-order valence-corrected chi connectivity index (χ0v) is 11.3. The smallest absolute Gasteiger partial charge is 0.347 e. The Balaban J connectivity index is 2.55. The van der Waals surface area contributed by atoms with E-state index in [1.807, 2.05) is 0 Å². The van der Waals surface area contributed by atoms with Gasteiger partial charge in [0.05, 0.1) is 6.61 Å². The van der Waals surface area contributed by atoms with Crippen molar-refractivity contribution in [3.8, 4) is 0 Å². The van der Waals surface area contributed by atoms with E-state index in [9.17, 15) is 18.7 Å². The van der Waals surface area contributed by atoms with Crippen molar-refractivity contribution in [1.29, 1.82) is 0 Å². The van der Waals surface area contributed by atoms with Crippen molar-refractivity contribution in [2.45, 2.75) is 12.5 Å². The first kappa shape index (κ1) is 15.1. The molecule has 3 nitrogen and oxygen atoms in total. The number of hydrogen-bond donors (Lipinski definition) is 1. The van der Waals surface area contributed by atoms with Gasteiger partial charge >= 0.3 is 5.97 Å². The molecule has 21 heavy (non-hydrogen) atoms. The highest BCUT2D eigenvalue weighted by Gasteiger charge is 2.41. The Bertz CT molecular complexity index is 575. The molecule has 0 radical (unpaired) electrons. The minimum absolute atomic E-state index is 0.0729. The Kier molecular flexibility index (Phi) is 4.33. The van der Waals surface area contributed by atoms with Crippen LogP contribution < -0.4 is 0 Å². The Morgan fingerprint density at radius 1 is 1.00 bits per heavy atom. The fourth-order valence-corrected chi connectivity index (χ4v) is 2.02. The molecule has 1 N–H and O–H groups in total. The van der Waals surface area contributed by atoms with Crippen molar-refractivity contribution in [1.82, 2.24) is 0 Å². The van der Waals surface area contributed by atoms with Crippen LogP contribution in [0.5, 0.6) is 0 Å². The molecule has 0 saturated heterocycles. The zero-order valence-electron chi connectivity index (χ0n) is 11.3. The normalized spacial score (nSPS) is 11.2. The average Bonchev–Trinajstić information content (AvgIpc) is 2.48. The van der Waals surface area contributed by atoms with E-state index in [1.165, 1.54) is 24.3 Å². The molecule has 0 aliphatic carbocycles. The molecular weight excluding hydrogens is 278 g/mol. The van der Waals surface area contributed by atoms with Crippen molar-refractivity contribution in [2.75, 3.05) is 6.61 Å². The lowest BCUT2D eigenvalue weighted by molar-refractivity contribution is -0.161. The quantitative estimate of drug-likeness (QED) is 0.881. The van der Waals surface area contributed by atoms with E-state index >= 15 is 0 Å². The van der Waals surface area contributed by atoms with Crippen LogP contribution in [0.2, 0.25) is 0 Å². The van der Waals surface area contributed by atoms with Gasteiger partial charge in [0.1, 0.15) is 11.6 Å². The van der Waals surface area contributed by atoms with E-state index in [2.05, 4.69) is 0 Å². The topological polar surface area (TPSA) is 46.5 Å². The number of carbonyl (C=O) groups is 1. The molecule has 0 amide bonds. The summed E-state index contributed by atoms with van der Waals surface area (Å²) in [5.41, 5.74) is -1.82. The van der Waals surface area contributed by atoms with Crippen LogP contribution in [0.25, 0.3) is 0 Å². The standard InChI is InChI=1S/C16H14F2O3/c1-2-21-15(19)16(20,11-3-7-13(17)8-4-11)12-5-9-14(18)10-6-12/h3-10,20H,2H2,1H3. The highest BCUT2D eigenvalue weighted by atomic mass is 19.1. The summed E-state index contributed by atoms with van der Waals surface area (Å²) >= 11 is 0. The SMILES string of the molecule is CCOC(=O)C(O)(c1ccc(F)cc1)c1ccc(F)cc1. The van der Waals surface area contributed by atoms with Gasteiger partial charge in [-0.25, -0.2) is 13.6 Å². The van der Waals surface area contributed by atoms with E-state index in [-0.39, 0.29) is 17.7 Å². The number of hydrogen-bond acceptors (Lipinski definition) is 3. The summed E-state index contributed by atoms with van der Waals surface area (Å²) < 4.78 is 31.0. The molecule has 0 bridgehead atoms. The maximum atomic E-state index is 13.0. The van der Waals surface area contributed by atoms with Crippen LogP contribution in [-0.4, -0.2) is 17.7 Å². The summed E-state index contributed by atoms with van der Waals surface area (Å²) in [5, 5.41) is 10.8. The van der Waals surface area contributed by atoms with Crippen LogP contribution in [-0.2, 0) is 15.1 Å². The van der Waals surface area contributed by atoms with Gasteiger partial charge in [-0.1, -0.05) is 24.3 Å². The minimum Gasteiger partial charge on any atom is -0.463 e. The molecule has 0 atom stereocenters. The second kappa shape index (κ2) is 6.01. The third-order valence-corrected chi connectivity index (χ3v) is 3.09. The predicted octanol–water partition coefficient (Wildman–Crippen LogP) is 2.76. The summed E-state index contributed by atoms with van der Waals surface area (Å²) in [6.45, 7) is 1.68. The summed E-state index contributed by atoms with van der Waals surface area (Å²) in [5.74, 6) is -1.89. The van der Waals surface area contributed by atoms with Crippen LogP contribution >= 0.6 is 0 Å². The van der Waals surface area contributed by atoms with Crippen molar-refractivity contribution in [3.63, 3.8) is 0 Å². The van der Waals surface area contributed by atoms with Crippen LogP contribution in [0, 0.1) is 11.6 Å². The molecule has 5 heteroatoms. The maximum absolute atomic E-state index is 13.0. The number of carbonyl (C=O) groups excluding carboxylic acids is 1. The maximum Gasteiger partial charge on any atom is 0.347 e. The second-order valence-corrected chi connectivity index (χ2v) is 4.44. The summed E-state index contributed by atoms with van der Waals surface area (Å²) in [6, 6.07) is 9.66. The van der Waals surface area contributed by atoms with Crippen LogP contribution in [0.1, 0.15) is 18.1 Å². The van der Waals surface area contributed by atoms with E-state index in [1.54, 1.807) is 6.92 Å². The Morgan fingerprint density at radius 3 is 1.71 bits per heavy atom. The second-order valence-electron chi connectivity index (χ2n) is 4.44. The number of halogens is 2. The molecule has 0 aliphatic heterocycles. The van der Waals surface area contributed by atoms with Crippen LogP contribution in [0.15, 0.2) is 48.5 Å². The molecular formula is C16H14F2O3. The van der Waals surface area contributed by atoms with E-state index < -0.39 is 23.2 Å². The fourth-order valence-electron chi connectivity index (χ4n) is 2.02. The molecule has 110 valence electrons. The van der Waals surface area contributed by atoms with Crippen LogP contribution in [0.4, 0.5) is 8.78 Å². The lowest BCUT2D eigenvalue weighted by atomic mass is 9.86. The minimum atomic E-state index is -2.11. The lowest BCUT2D eigenvalue weighted by Gasteiger charge is -2.26. The third-order valence-electron chi connectivity index (χ3n) is 3.09. The third kappa shape index (κ3) is 2.92. The molecule has 0 unspecified atom stereocenters. The molecule has 2 aromatic rings. The molecule has 2 rings (SSSR count). The molecule has 0 aromatic heterocycles. The number of esters is 1.